The molecule has 0 amide bonds. The van der Waals surface area contributed by atoms with Crippen LogP contribution in [0, 0.1) is 6.92 Å². The second-order valence-electron chi connectivity index (χ2n) is 2.52. The van der Waals surface area contributed by atoms with E-state index in [1.54, 1.807) is 6.20 Å². The van der Waals surface area contributed by atoms with Gasteiger partial charge in [-0.15, -0.1) is 0 Å². The van der Waals surface area contributed by atoms with E-state index in [-0.39, 0.29) is 0 Å². The number of fused-ring (bicyclic) bond motifs is 1. The maximum absolute atomic E-state index is 4.20. The minimum absolute atomic E-state index is 1.01. The van der Waals surface area contributed by atoms with E-state index in [2.05, 4.69) is 16.9 Å². The highest BCUT2D eigenvalue weighted by Crippen LogP contribution is 2.12. The molecule has 0 aliphatic heterocycles. The normalized spacial score (nSPS) is 10.3. The lowest BCUT2D eigenvalue weighted by Crippen LogP contribution is -1.82. The first-order valence-electron chi connectivity index (χ1n) is 3.53. The molecule has 0 radical (unpaired) electrons. The third-order valence-corrected chi connectivity index (χ3v) is 1.76. The molecule has 0 bridgehead atoms. The summed E-state index contributed by atoms with van der Waals surface area (Å²) in [4.78, 5) is 8.24. The number of hydrogen-bond donors (Lipinski definition) is 0. The van der Waals surface area contributed by atoms with E-state index in [9.17, 15) is 0 Å². The summed E-state index contributed by atoms with van der Waals surface area (Å²) in [6, 6.07) is 3.91. The molecule has 0 aliphatic rings. The van der Waals surface area contributed by atoms with Crippen LogP contribution in [0.1, 0.15) is 5.56 Å². The molecule has 0 N–H and O–H groups in total. The fourth-order valence-corrected chi connectivity index (χ4v) is 1.12. The Labute approximate surface area is 64.9 Å². The van der Waals surface area contributed by atoms with Gasteiger partial charge in [0.1, 0.15) is 0 Å². The van der Waals surface area contributed by atoms with Gasteiger partial charge >= 0.3 is 0 Å². The van der Waals surface area contributed by atoms with Crippen molar-refractivity contribution in [2.45, 2.75) is 6.92 Å². The lowest BCUT2D eigenvalue weighted by Gasteiger charge is -1.97. The molecule has 0 saturated heterocycles. The van der Waals surface area contributed by atoms with Gasteiger partial charge in [-0.2, -0.15) is 0 Å². The second-order valence-corrected chi connectivity index (χ2v) is 2.52. The van der Waals surface area contributed by atoms with Crippen LogP contribution in [0.5, 0.6) is 0 Å². The average molecular weight is 144 g/mol. The molecule has 0 unspecified atom stereocenters. The van der Waals surface area contributed by atoms with Gasteiger partial charge in [0.2, 0.25) is 0 Å². The lowest BCUT2D eigenvalue weighted by molar-refractivity contribution is 1.30. The SMILES string of the molecule is Cc1ccnc2ccncc12. The van der Waals surface area contributed by atoms with E-state index in [4.69, 9.17) is 0 Å². The van der Waals surface area contributed by atoms with Crippen LogP contribution in [0.25, 0.3) is 10.9 Å². The second kappa shape index (κ2) is 2.31. The molecule has 0 saturated carbocycles. The van der Waals surface area contributed by atoms with Crippen LogP contribution < -0.4 is 0 Å². The maximum Gasteiger partial charge on any atom is 0.0735 e. The Kier molecular flexibility index (Phi) is 1.32. The largest absolute Gasteiger partial charge is 0.264 e. The van der Waals surface area contributed by atoms with Gasteiger partial charge in [0.15, 0.2) is 0 Å². The fraction of sp³-hybridized carbons (Fsp3) is 0.111. The number of nitrogens with zero attached hydrogens (tertiary/aromatic N) is 2. The van der Waals surface area contributed by atoms with Gasteiger partial charge in [-0.25, -0.2) is 0 Å². The highest BCUT2D eigenvalue weighted by molar-refractivity contribution is 5.80. The van der Waals surface area contributed by atoms with Gasteiger partial charge in [0.05, 0.1) is 5.52 Å². The lowest BCUT2D eigenvalue weighted by atomic mass is 10.2. The monoisotopic (exact) mass is 144 g/mol. The van der Waals surface area contributed by atoms with Crippen LogP contribution in [-0.4, -0.2) is 9.97 Å². The van der Waals surface area contributed by atoms with Gasteiger partial charge in [0.25, 0.3) is 0 Å². The molecule has 0 fully saturated rings. The zero-order valence-corrected chi connectivity index (χ0v) is 6.28. The van der Waals surface area contributed by atoms with Crippen molar-refractivity contribution < 1.29 is 0 Å². The van der Waals surface area contributed by atoms with E-state index >= 15 is 0 Å². The Hall–Kier alpha value is -1.44. The summed E-state index contributed by atoms with van der Waals surface area (Å²) in [6.07, 6.45) is 5.42. The molecule has 0 aliphatic carbocycles. The van der Waals surface area contributed by atoms with Crippen molar-refractivity contribution >= 4 is 10.9 Å². The van der Waals surface area contributed by atoms with Gasteiger partial charge in [-0.1, -0.05) is 0 Å². The standard InChI is InChI=1S/C9H8N2/c1-7-2-5-11-9-3-4-10-6-8(7)9/h2-6H,1H3. The van der Waals surface area contributed by atoms with Crippen LogP contribution in [0.4, 0.5) is 0 Å². The molecule has 54 valence electrons. The predicted octanol–water partition coefficient (Wildman–Crippen LogP) is 1.94. The maximum atomic E-state index is 4.20. The smallest absolute Gasteiger partial charge is 0.0735 e. The molecule has 2 rings (SSSR count). The van der Waals surface area contributed by atoms with Crippen molar-refractivity contribution in [1.82, 2.24) is 9.97 Å². The predicted molar refractivity (Wildman–Crippen MR) is 44.3 cm³/mol. The minimum atomic E-state index is 1.01. The van der Waals surface area contributed by atoms with Gasteiger partial charge < -0.3 is 0 Å². The van der Waals surface area contributed by atoms with Crippen molar-refractivity contribution in [2.75, 3.05) is 0 Å². The molecule has 0 aromatic carbocycles. The highest BCUT2D eigenvalue weighted by Gasteiger charge is 1.94. The number of aryl methyl sites for hydroxylation is 1. The van der Waals surface area contributed by atoms with Crippen molar-refractivity contribution in [2.24, 2.45) is 0 Å². The molecule has 2 heteroatoms. The van der Waals surface area contributed by atoms with Crippen LogP contribution in [0.15, 0.2) is 30.7 Å². The zero-order chi connectivity index (χ0) is 7.68. The summed E-state index contributed by atoms with van der Waals surface area (Å²) in [5.74, 6) is 0. The number of pyridine rings is 2. The van der Waals surface area contributed by atoms with Gasteiger partial charge in [0, 0.05) is 24.0 Å². The molecule has 2 aromatic heterocycles. The molecular formula is C9H8N2. The summed E-state index contributed by atoms with van der Waals surface area (Å²) >= 11 is 0. The molecule has 0 spiro atoms. The fourth-order valence-electron chi connectivity index (χ4n) is 1.12. The zero-order valence-electron chi connectivity index (χ0n) is 6.28. The van der Waals surface area contributed by atoms with E-state index in [0.717, 1.165) is 10.9 Å². The molecule has 11 heavy (non-hydrogen) atoms. The van der Waals surface area contributed by atoms with E-state index in [1.807, 2.05) is 24.5 Å². The van der Waals surface area contributed by atoms with E-state index in [0.29, 0.717) is 0 Å². The van der Waals surface area contributed by atoms with Crippen LogP contribution in [0.3, 0.4) is 0 Å². The Morgan fingerprint density at radius 3 is 2.91 bits per heavy atom. The Morgan fingerprint density at radius 1 is 1.18 bits per heavy atom. The minimum Gasteiger partial charge on any atom is -0.264 e. The summed E-state index contributed by atoms with van der Waals surface area (Å²) in [5, 5.41) is 1.13. The summed E-state index contributed by atoms with van der Waals surface area (Å²) < 4.78 is 0. The molecule has 2 heterocycles. The van der Waals surface area contributed by atoms with Gasteiger partial charge in [-0.3, -0.25) is 9.97 Å². The molecule has 2 nitrogen and oxygen atoms in total. The summed E-state index contributed by atoms with van der Waals surface area (Å²) in [6.45, 7) is 2.06. The van der Waals surface area contributed by atoms with Crippen LogP contribution in [0.2, 0.25) is 0 Å². The third-order valence-electron chi connectivity index (χ3n) is 1.76. The topological polar surface area (TPSA) is 25.8 Å². The third kappa shape index (κ3) is 0.963. The van der Waals surface area contributed by atoms with E-state index < -0.39 is 0 Å². The quantitative estimate of drug-likeness (QED) is 0.564. The van der Waals surface area contributed by atoms with Crippen molar-refractivity contribution in [3.63, 3.8) is 0 Å². The van der Waals surface area contributed by atoms with Crippen molar-refractivity contribution in [3.8, 4) is 0 Å². The van der Waals surface area contributed by atoms with Gasteiger partial charge in [-0.05, 0) is 24.6 Å². The van der Waals surface area contributed by atoms with Crippen LogP contribution >= 0.6 is 0 Å². The van der Waals surface area contributed by atoms with Crippen molar-refractivity contribution in [3.05, 3.63) is 36.3 Å². The number of aromatic nitrogens is 2. The number of rotatable bonds is 0. The van der Waals surface area contributed by atoms with Crippen molar-refractivity contribution in [1.29, 1.82) is 0 Å². The summed E-state index contributed by atoms with van der Waals surface area (Å²) in [7, 11) is 0. The first-order valence-corrected chi connectivity index (χ1v) is 3.53. The Morgan fingerprint density at radius 2 is 2.09 bits per heavy atom. The Balaban J connectivity index is 2.91. The average Bonchev–Trinajstić information content (AvgIpc) is 2.06. The molecular weight excluding hydrogens is 136 g/mol. The molecule has 0 atom stereocenters. The molecule has 2 aromatic rings. The van der Waals surface area contributed by atoms with Crippen LogP contribution in [-0.2, 0) is 0 Å². The Bertz CT molecular complexity index is 377. The first kappa shape index (κ1) is 6.28. The first-order chi connectivity index (χ1) is 5.38. The number of hydrogen-bond acceptors (Lipinski definition) is 2. The highest BCUT2D eigenvalue weighted by atomic mass is 14.7. The summed E-state index contributed by atoms with van der Waals surface area (Å²) in [5.41, 5.74) is 2.24. The van der Waals surface area contributed by atoms with E-state index in [1.165, 1.54) is 5.56 Å².